The molecule has 0 saturated heterocycles. The van der Waals surface area contributed by atoms with Gasteiger partial charge in [-0.05, 0) is 25.1 Å². The molecule has 29 heavy (non-hydrogen) atoms. The van der Waals surface area contributed by atoms with Gasteiger partial charge < -0.3 is 5.32 Å². The van der Waals surface area contributed by atoms with Gasteiger partial charge >= 0.3 is 0 Å². The molecule has 0 fully saturated rings. The fourth-order valence-corrected chi connectivity index (χ4v) is 3.19. The highest BCUT2D eigenvalue weighted by Gasteiger charge is 2.22. The van der Waals surface area contributed by atoms with Crippen molar-refractivity contribution >= 4 is 17.2 Å². The summed E-state index contributed by atoms with van der Waals surface area (Å²) in [4.78, 5) is 20.9. The Hall–Kier alpha value is -3.33. The zero-order valence-electron chi connectivity index (χ0n) is 14.7. The number of aromatic nitrogens is 4. The summed E-state index contributed by atoms with van der Waals surface area (Å²) < 4.78 is 53.3. The number of halogens is 4. The van der Waals surface area contributed by atoms with Crippen LogP contribution < -0.4 is 5.32 Å². The van der Waals surface area contributed by atoms with Crippen molar-refractivity contribution in [2.45, 2.75) is 25.8 Å². The van der Waals surface area contributed by atoms with Crippen LogP contribution in [0.25, 0.3) is 5.13 Å². The Bertz CT molecular complexity index is 1050. The molecular weight excluding hydrogens is 412 g/mol. The number of amides is 1. The highest BCUT2D eigenvalue weighted by Crippen LogP contribution is 2.27. The number of thiazole rings is 1. The van der Waals surface area contributed by atoms with Gasteiger partial charge in [0.25, 0.3) is 18.8 Å². The molecule has 1 amide bonds. The largest absolute Gasteiger partial charge is 0.342 e. The van der Waals surface area contributed by atoms with E-state index in [2.05, 4.69) is 20.4 Å². The molecule has 150 valence electrons. The second-order valence-corrected chi connectivity index (χ2v) is 6.84. The first kappa shape index (κ1) is 20.4. The molecule has 12 heteroatoms. The van der Waals surface area contributed by atoms with Gasteiger partial charge in [-0.15, -0.1) is 0 Å². The standard InChI is InChI=1S/C17H12F4N6OS/c1-8(15-24-7-25-27(15)17-23-6-12(5-22)29-17)26-16(28)11-3-9(13(18)19)2-10(4-11)14(20)21/h2-4,6-8,13-14H,1H3,(H,26,28)/t8-/m0/s1. The lowest BCUT2D eigenvalue weighted by Gasteiger charge is -2.15. The Balaban J connectivity index is 1.85. The molecule has 2 heterocycles. The fraction of sp³-hybridized carbons (Fsp3) is 0.235. The molecular formula is C17H12F4N6OS. The molecule has 3 aromatic rings. The Morgan fingerprint density at radius 3 is 2.38 bits per heavy atom. The van der Waals surface area contributed by atoms with E-state index in [1.165, 1.54) is 17.2 Å². The third kappa shape index (κ3) is 4.40. The van der Waals surface area contributed by atoms with E-state index in [1.54, 1.807) is 6.92 Å². The summed E-state index contributed by atoms with van der Waals surface area (Å²) in [7, 11) is 0. The van der Waals surface area contributed by atoms with E-state index < -0.39 is 35.9 Å². The highest BCUT2D eigenvalue weighted by atomic mass is 32.1. The summed E-state index contributed by atoms with van der Waals surface area (Å²) in [5.41, 5.74) is -1.66. The number of carbonyl (C=O) groups is 1. The summed E-state index contributed by atoms with van der Waals surface area (Å²) in [5.74, 6) is -0.565. The Morgan fingerprint density at radius 2 is 1.83 bits per heavy atom. The lowest BCUT2D eigenvalue weighted by Crippen LogP contribution is -2.29. The summed E-state index contributed by atoms with van der Waals surface area (Å²) >= 11 is 1.06. The molecule has 7 nitrogen and oxygen atoms in total. The van der Waals surface area contributed by atoms with Crippen molar-refractivity contribution in [1.82, 2.24) is 25.1 Å². The monoisotopic (exact) mass is 424 g/mol. The van der Waals surface area contributed by atoms with Crippen LogP contribution in [0.3, 0.4) is 0 Å². The minimum Gasteiger partial charge on any atom is -0.342 e. The van der Waals surface area contributed by atoms with Crippen LogP contribution in [0.2, 0.25) is 0 Å². The molecule has 0 spiro atoms. The second-order valence-electron chi connectivity index (χ2n) is 5.83. The average Bonchev–Trinajstić information content (AvgIpc) is 3.36. The van der Waals surface area contributed by atoms with Gasteiger partial charge in [0, 0.05) is 16.7 Å². The second kappa shape index (κ2) is 8.36. The molecule has 2 aromatic heterocycles. The van der Waals surface area contributed by atoms with E-state index in [9.17, 15) is 22.4 Å². The van der Waals surface area contributed by atoms with Crippen LogP contribution in [0.1, 0.15) is 58.0 Å². The summed E-state index contributed by atoms with van der Waals surface area (Å²) in [5, 5.41) is 15.8. The zero-order chi connectivity index (χ0) is 21.1. The number of nitrogens with zero attached hydrogens (tertiary/aromatic N) is 5. The SMILES string of the molecule is C[C@H](NC(=O)c1cc(C(F)F)cc(C(F)F)c1)c1ncnn1-c1ncc(C#N)s1. The molecule has 1 atom stereocenters. The molecule has 1 aromatic carbocycles. The number of alkyl halides is 4. The lowest BCUT2D eigenvalue weighted by molar-refractivity contribution is 0.0936. The number of hydrogen-bond acceptors (Lipinski definition) is 6. The molecule has 0 aliphatic rings. The quantitative estimate of drug-likeness (QED) is 0.604. The van der Waals surface area contributed by atoms with Crippen LogP contribution in [0.4, 0.5) is 17.6 Å². The number of carbonyl (C=O) groups excluding carboxylic acids is 1. The van der Waals surface area contributed by atoms with E-state index in [0.717, 1.165) is 23.5 Å². The van der Waals surface area contributed by atoms with Gasteiger partial charge in [0.15, 0.2) is 5.82 Å². The first-order valence-corrected chi connectivity index (χ1v) is 8.90. The molecule has 0 aliphatic carbocycles. The van der Waals surface area contributed by atoms with Crippen LogP contribution in [0.5, 0.6) is 0 Å². The van der Waals surface area contributed by atoms with Gasteiger partial charge in [-0.2, -0.15) is 15.0 Å². The number of benzene rings is 1. The number of hydrogen-bond donors (Lipinski definition) is 1. The maximum atomic E-state index is 13.0. The number of nitriles is 1. The summed E-state index contributed by atoms with van der Waals surface area (Å²) in [6.07, 6.45) is -3.42. The van der Waals surface area contributed by atoms with Crippen LogP contribution in [0, 0.1) is 11.3 Å². The topological polar surface area (TPSA) is 96.5 Å². The molecule has 1 N–H and O–H groups in total. The Morgan fingerprint density at radius 1 is 1.17 bits per heavy atom. The minimum absolute atomic E-state index is 0.260. The summed E-state index contributed by atoms with van der Waals surface area (Å²) in [6, 6.07) is 3.58. The van der Waals surface area contributed by atoms with Crippen molar-refractivity contribution in [3.05, 3.63) is 58.1 Å². The van der Waals surface area contributed by atoms with Crippen LogP contribution in [-0.2, 0) is 0 Å². The summed E-state index contributed by atoms with van der Waals surface area (Å²) in [6.45, 7) is 1.56. The van der Waals surface area contributed by atoms with Gasteiger partial charge in [0.2, 0.25) is 5.13 Å². The maximum absolute atomic E-state index is 13.0. The predicted octanol–water partition coefficient (Wildman–Crippen LogP) is 3.96. The smallest absolute Gasteiger partial charge is 0.263 e. The first-order valence-electron chi connectivity index (χ1n) is 8.08. The van der Waals surface area contributed by atoms with Crippen molar-refractivity contribution in [2.24, 2.45) is 0 Å². The van der Waals surface area contributed by atoms with Crippen molar-refractivity contribution in [3.8, 4) is 11.2 Å². The van der Waals surface area contributed by atoms with Gasteiger partial charge in [0.1, 0.15) is 17.3 Å². The van der Waals surface area contributed by atoms with Crippen molar-refractivity contribution < 1.29 is 22.4 Å². The van der Waals surface area contributed by atoms with Crippen molar-refractivity contribution in [1.29, 1.82) is 5.26 Å². The van der Waals surface area contributed by atoms with E-state index in [-0.39, 0.29) is 11.4 Å². The Kier molecular flexibility index (Phi) is 5.88. The third-order valence-corrected chi connectivity index (χ3v) is 4.72. The fourth-order valence-electron chi connectivity index (χ4n) is 2.51. The van der Waals surface area contributed by atoms with Crippen LogP contribution in [-0.4, -0.2) is 25.7 Å². The molecule has 0 aliphatic heterocycles. The molecule has 0 radical (unpaired) electrons. The van der Waals surface area contributed by atoms with E-state index >= 15 is 0 Å². The van der Waals surface area contributed by atoms with Gasteiger partial charge in [-0.3, -0.25) is 4.79 Å². The van der Waals surface area contributed by atoms with Crippen molar-refractivity contribution in [2.75, 3.05) is 0 Å². The molecule has 0 bridgehead atoms. The Labute approximate surface area is 165 Å². The first-order chi connectivity index (χ1) is 13.8. The maximum Gasteiger partial charge on any atom is 0.263 e. The lowest BCUT2D eigenvalue weighted by atomic mass is 10.0. The average molecular weight is 424 g/mol. The van der Waals surface area contributed by atoms with Crippen molar-refractivity contribution in [3.63, 3.8) is 0 Å². The third-order valence-electron chi connectivity index (χ3n) is 3.84. The predicted molar refractivity (Wildman–Crippen MR) is 94.0 cm³/mol. The zero-order valence-corrected chi connectivity index (χ0v) is 15.5. The minimum atomic E-state index is -3.00. The van der Waals surface area contributed by atoms with E-state index in [0.29, 0.717) is 16.1 Å². The van der Waals surface area contributed by atoms with Crippen LogP contribution >= 0.6 is 11.3 Å². The van der Waals surface area contributed by atoms with E-state index in [4.69, 9.17) is 5.26 Å². The highest BCUT2D eigenvalue weighted by molar-refractivity contribution is 7.14. The number of rotatable bonds is 6. The van der Waals surface area contributed by atoms with Gasteiger partial charge in [0.05, 0.1) is 12.2 Å². The van der Waals surface area contributed by atoms with Gasteiger partial charge in [-0.1, -0.05) is 11.3 Å². The molecule has 3 rings (SSSR count). The van der Waals surface area contributed by atoms with Crippen LogP contribution in [0.15, 0.2) is 30.7 Å². The normalized spacial score (nSPS) is 12.2. The number of nitrogens with one attached hydrogen (secondary N) is 1. The molecule has 0 unspecified atom stereocenters. The molecule has 0 saturated carbocycles. The van der Waals surface area contributed by atoms with E-state index in [1.807, 2.05) is 6.07 Å². The van der Waals surface area contributed by atoms with Gasteiger partial charge in [-0.25, -0.2) is 27.5 Å².